The Labute approximate surface area is 206 Å². The summed E-state index contributed by atoms with van der Waals surface area (Å²) < 4.78 is 10.9. The van der Waals surface area contributed by atoms with E-state index in [-0.39, 0.29) is 35.3 Å². The number of rotatable bonds is 11. The topological polar surface area (TPSA) is 67.9 Å². The number of carbonyl (C=O) groups is 2. The molecular weight excluding hydrogens is 428 g/mol. The Bertz CT molecular complexity index is 870. The fourth-order valence-electron chi connectivity index (χ4n) is 3.88. The van der Waals surface area contributed by atoms with Crippen LogP contribution in [0.3, 0.4) is 0 Å². The van der Waals surface area contributed by atoms with E-state index in [1.165, 1.54) is 7.11 Å². The van der Waals surface area contributed by atoms with E-state index < -0.39 is 5.60 Å². The van der Waals surface area contributed by atoms with Gasteiger partial charge in [-0.25, -0.2) is 4.79 Å². The van der Waals surface area contributed by atoms with Crippen LogP contribution in [0.15, 0.2) is 54.3 Å². The monoisotopic (exact) mass is 472 g/mol. The van der Waals surface area contributed by atoms with Gasteiger partial charge in [0.05, 0.1) is 12.6 Å². The molecular formula is C28H44N2O4. The lowest BCUT2D eigenvalue weighted by Gasteiger charge is -2.42. The zero-order valence-electron chi connectivity index (χ0n) is 22.7. The fraction of sp³-hybridized carbons (Fsp3) is 0.571. The second kappa shape index (κ2) is 12.2. The van der Waals surface area contributed by atoms with Crippen LogP contribution in [-0.4, -0.2) is 49.6 Å². The molecule has 0 spiro atoms. The zero-order chi connectivity index (χ0) is 26.3. The SMILES string of the molecule is C=C(C(NC(=O)C(C)(OC)c1ccccc1)C(C)(C)C)N(C)C(/C=C(\C)C(=O)OCC)C(C)C. The average molecular weight is 473 g/mol. The Morgan fingerprint density at radius 1 is 1.15 bits per heavy atom. The van der Waals surface area contributed by atoms with Gasteiger partial charge in [-0.2, -0.15) is 0 Å². The maximum absolute atomic E-state index is 13.6. The molecule has 0 saturated carbocycles. The van der Waals surface area contributed by atoms with Crippen molar-refractivity contribution in [1.29, 1.82) is 0 Å². The molecule has 6 heteroatoms. The Morgan fingerprint density at radius 2 is 1.71 bits per heavy atom. The number of hydrogen-bond acceptors (Lipinski definition) is 5. The van der Waals surface area contributed by atoms with Gasteiger partial charge in [-0.1, -0.05) is 77.6 Å². The molecule has 1 aromatic rings. The molecule has 0 aliphatic carbocycles. The third-order valence-corrected chi connectivity index (χ3v) is 6.24. The molecule has 0 bridgehead atoms. The molecule has 3 unspecified atom stereocenters. The maximum atomic E-state index is 13.6. The van der Waals surface area contributed by atoms with Crippen molar-refractivity contribution in [3.8, 4) is 0 Å². The Hall–Kier alpha value is -2.60. The molecule has 0 aliphatic heterocycles. The van der Waals surface area contributed by atoms with Crippen molar-refractivity contribution in [2.45, 2.75) is 73.1 Å². The summed E-state index contributed by atoms with van der Waals surface area (Å²) in [6.07, 6.45) is 1.92. The molecule has 1 rings (SSSR count). The highest BCUT2D eigenvalue weighted by atomic mass is 16.5. The van der Waals surface area contributed by atoms with E-state index in [9.17, 15) is 9.59 Å². The number of amides is 1. The molecule has 0 radical (unpaired) electrons. The third-order valence-electron chi connectivity index (χ3n) is 6.24. The number of esters is 1. The number of hydrogen-bond donors (Lipinski definition) is 1. The molecule has 34 heavy (non-hydrogen) atoms. The quantitative estimate of drug-likeness (QED) is 0.360. The molecule has 3 atom stereocenters. The molecule has 1 aromatic carbocycles. The lowest BCUT2D eigenvalue weighted by atomic mass is 9.83. The molecule has 1 N–H and O–H groups in total. The van der Waals surface area contributed by atoms with Gasteiger partial charge in [-0.05, 0) is 37.7 Å². The number of nitrogens with zero attached hydrogens (tertiary/aromatic N) is 1. The molecule has 190 valence electrons. The molecule has 0 saturated heterocycles. The van der Waals surface area contributed by atoms with E-state index in [2.05, 4.69) is 46.5 Å². The minimum atomic E-state index is -1.15. The number of ether oxygens (including phenoxy) is 2. The van der Waals surface area contributed by atoms with Crippen LogP contribution in [0, 0.1) is 11.3 Å². The van der Waals surface area contributed by atoms with Gasteiger partial charge in [-0.15, -0.1) is 0 Å². The first-order valence-corrected chi connectivity index (χ1v) is 11.9. The van der Waals surface area contributed by atoms with E-state index in [0.29, 0.717) is 12.2 Å². The molecule has 0 fully saturated rings. The molecule has 1 amide bonds. The van der Waals surface area contributed by atoms with Gasteiger partial charge in [0.2, 0.25) is 0 Å². The van der Waals surface area contributed by atoms with Crippen molar-refractivity contribution in [2.24, 2.45) is 11.3 Å². The summed E-state index contributed by atoms with van der Waals surface area (Å²) >= 11 is 0. The van der Waals surface area contributed by atoms with Crippen LogP contribution in [-0.2, 0) is 24.7 Å². The second-order valence-electron chi connectivity index (χ2n) is 10.3. The van der Waals surface area contributed by atoms with E-state index in [1.807, 2.05) is 48.4 Å². The van der Waals surface area contributed by atoms with Gasteiger partial charge in [0, 0.05) is 31.5 Å². The Kier molecular flexibility index (Phi) is 10.6. The lowest BCUT2D eigenvalue weighted by Crippen LogP contribution is -2.55. The summed E-state index contributed by atoms with van der Waals surface area (Å²) in [5, 5.41) is 3.20. The molecule has 0 aliphatic rings. The maximum Gasteiger partial charge on any atom is 0.333 e. The van der Waals surface area contributed by atoms with Crippen molar-refractivity contribution in [3.63, 3.8) is 0 Å². The van der Waals surface area contributed by atoms with E-state index in [1.54, 1.807) is 20.8 Å². The third kappa shape index (κ3) is 7.20. The van der Waals surface area contributed by atoms with Crippen molar-refractivity contribution in [3.05, 3.63) is 59.8 Å². The van der Waals surface area contributed by atoms with Gasteiger partial charge in [-0.3, -0.25) is 4.79 Å². The van der Waals surface area contributed by atoms with Gasteiger partial charge in [0.25, 0.3) is 5.91 Å². The number of benzene rings is 1. The van der Waals surface area contributed by atoms with E-state index in [4.69, 9.17) is 9.47 Å². The number of nitrogens with one attached hydrogen (secondary N) is 1. The van der Waals surface area contributed by atoms with Gasteiger partial charge in [0.15, 0.2) is 5.60 Å². The first-order valence-electron chi connectivity index (χ1n) is 11.9. The summed E-state index contributed by atoms with van der Waals surface area (Å²) in [6, 6.07) is 8.96. The van der Waals surface area contributed by atoms with Crippen LogP contribution in [0.4, 0.5) is 0 Å². The molecule has 0 aromatic heterocycles. The first-order chi connectivity index (χ1) is 15.7. The summed E-state index contributed by atoms with van der Waals surface area (Å²) in [7, 11) is 3.48. The summed E-state index contributed by atoms with van der Waals surface area (Å²) in [5.74, 6) is -0.377. The predicted octanol–water partition coefficient (Wildman–Crippen LogP) is 5.06. The summed E-state index contributed by atoms with van der Waals surface area (Å²) in [6.45, 7) is 20.4. The minimum absolute atomic E-state index is 0.110. The summed E-state index contributed by atoms with van der Waals surface area (Å²) in [5.41, 5.74) is 0.594. The normalized spacial score (nSPS) is 15.8. The van der Waals surface area contributed by atoms with Crippen LogP contribution in [0.25, 0.3) is 0 Å². The lowest BCUT2D eigenvalue weighted by molar-refractivity contribution is -0.144. The van der Waals surface area contributed by atoms with Crippen LogP contribution in [0.5, 0.6) is 0 Å². The van der Waals surface area contributed by atoms with Crippen LogP contribution in [0.2, 0.25) is 0 Å². The predicted molar refractivity (Wildman–Crippen MR) is 138 cm³/mol. The van der Waals surface area contributed by atoms with Crippen molar-refractivity contribution < 1.29 is 19.1 Å². The van der Waals surface area contributed by atoms with E-state index in [0.717, 1.165) is 11.3 Å². The average Bonchev–Trinajstić information content (AvgIpc) is 2.78. The van der Waals surface area contributed by atoms with E-state index >= 15 is 0 Å². The number of methoxy groups -OCH3 is 1. The molecule has 6 nitrogen and oxygen atoms in total. The van der Waals surface area contributed by atoms with Gasteiger partial charge in [0.1, 0.15) is 0 Å². The fourth-order valence-corrected chi connectivity index (χ4v) is 3.88. The van der Waals surface area contributed by atoms with Crippen molar-refractivity contribution in [2.75, 3.05) is 20.8 Å². The Balaban J connectivity index is 3.29. The molecule has 0 heterocycles. The van der Waals surface area contributed by atoms with Crippen molar-refractivity contribution in [1.82, 2.24) is 10.2 Å². The second-order valence-corrected chi connectivity index (χ2v) is 10.3. The smallest absolute Gasteiger partial charge is 0.333 e. The highest BCUT2D eigenvalue weighted by Crippen LogP contribution is 2.31. The van der Waals surface area contributed by atoms with Crippen LogP contribution >= 0.6 is 0 Å². The van der Waals surface area contributed by atoms with Crippen molar-refractivity contribution >= 4 is 11.9 Å². The Morgan fingerprint density at radius 3 is 2.15 bits per heavy atom. The first kappa shape index (κ1) is 29.4. The van der Waals surface area contributed by atoms with Gasteiger partial charge < -0.3 is 19.7 Å². The number of carbonyl (C=O) groups excluding carboxylic acids is 2. The van der Waals surface area contributed by atoms with Gasteiger partial charge >= 0.3 is 5.97 Å². The number of likely N-dealkylation sites (N-methyl/N-ethyl adjacent to an activating group) is 1. The highest BCUT2D eigenvalue weighted by molar-refractivity contribution is 5.88. The zero-order valence-corrected chi connectivity index (χ0v) is 22.7. The van der Waals surface area contributed by atoms with Crippen LogP contribution in [0.1, 0.15) is 61.0 Å². The minimum Gasteiger partial charge on any atom is -0.463 e. The van der Waals surface area contributed by atoms with Crippen LogP contribution < -0.4 is 5.32 Å². The standard InChI is InChI=1S/C28H44N2O4/c1-12-34-25(31)20(4)18-23(19(2)3)30(10)21(5)24(27(6,7)8)29-26(32)28(9,33-11)22-16-14-13-15-17-22/h13-19,23-24H,5,12H2,1-4,6-11H3,(H,29,32)/b20-18+. The highest BCUT2D eigenvalue weighted by Gasteiger charge is 2.40. The summed E-state index contributed by atoms with van der Waals surface area (Å²) in [4.78, 5) is 27.8. The largest absolute Gasteiger partial charge is 0.463 e.